The van der Waals surface area contributed by atoms with Crippen LogP contribution < -0.4 is 13.9 Å². The highest BCUT2D eigenvalue weighted by Crippen LogP contribution is 2.33. The Kier molecular flexibility index (Phi) is 6.19. The van der Waals surface area contributed by atoms with Crippen molar-refractivity contribution in [2.75, 3.05) is 22.4 Å². The summed E-state index contributed by atoms with van der Waals surface area (Å²) in [5.41, 5.74) is 2.34. The first-order valence-electron chi connectivity index (χ1n) is 10.6. The fraction of sp³-hybridized carbons (Fsp3) is 0.240. The molecule has 1 aliphatic heterocycles. The van der Waals surface area contributed by atoms with Gasteiger partial charge in [0.2, 0.25) is 5.91 Å². The number of para-hydroxylation sites is 1. The zero-order valence-corrected chi connectivity index (χ0v) is 19.0. The molecule has 166 valence electrons. The quantitative estimate of drug-likeness (QED) is 0.540. The third-order valence-corrected chi connectivity index (χ3v) is 7.31. The second kappa shape index (κ2) is 9.04. The van der Waals surface area contributed by atoms with E-state index in [4.69, 9.17) is 4.74 Å². The molecule has 6 nitrogen and oxygen atoms in total. The molecule has 1 heterocycles. The fourth-order valence-corrected chi connectivity index (χ4v) is 5.49. The largest absolute Gasteiger partial charge is 0.494 e. The molecule has 1 amide bonds. The van der Waals surface area contributed by atoms with Crippen molar-refractivity contribution in [3.05, 3.63) is 84.4 Å². The molecule has 3 aromatic carbocycles. The van der Waals surface area contributed by atoms with E-state index in [0.29, 0.717) is 18.0 Å². The summed E-state index contributed by atoms with van der Waals surface area (Å²) in [6.07, 6.45) is 0.746. The normalized spacial score (nSPS) is 15.3. The number of ether oxygens (including phenoxy) is 1. The molecule has 4 rings (SSSR count). The molecule has 7 heteroatoms. The molecule has 32 heavy (non-hydrogen) atoms. The Morgan fingerprint density at radius 3 is 2.34 bits per heavy atom. The van der Waals surface area contributed by atoms with E-state index in [1.165, 1.54) is 16.4 Å². The van der Waals surface area contributed by atoms with E-state index in [2.05, 4.69) is 0 Å². The van der Waals surface area contributed by atoms with Crippen LogP contribution in [-0.2, 0) is 21.2 Å². The molecule has 0 aliphatic carbocycles. The average Bonchev–Trinajstić information content (AvgIpc) is 3.14. The number of fused-ring (bicyclic) bond motifs is 1. The second-order valence-electron chi connectivity index (χ2n) is 7.70. The van der Waals surface area contributed by atoms with Crippen molar-refractivity contribution in [3.63, 3.8) is 0 Å². The Hall–Kier alpha value is -3.32. The molecule has 0 bridgehead atoms. The lowest BCUT2D eigenvalue weighted by atomic mass is 10.1. The number of hydrogen-bond acceptors (Lipinski definition) is 4. The minimum atomic E-state index is -3.95. The highest BCUT2D eigenvalue weighted by molar-refractivity contribution is 7.92. The molecule has 0 N–H and O–H groups in total. The first-order valence-corrected chi connectivity index (χ1v) is 12.1. The maximum Gasteiger partial charge on any atom is 0.264 e. The SMILES string of the molecule is CCOc1ccc(N(CC(=O)N2c3ccccc3C[C@H]2C)S(=O)(=O)c2ccccc2)cc1. The smallest absolute Gasteiger partial charge is 0.264 e. The molecule has 0 spiro atoms. The fourth-order valence-electron chi connectivity index (χ4n) is 4.05. The zero-order valence-electron chi connectivity index (χ0n) is 18.1. The lowest BCUT2D eigenvalue weighted by Crippen LogP contribution is -2.45. The van der Waals surface area contributed by atoms with Crippen LogP contribution in [0.3, 0.4) is 0 Å². The van der Waals surface area contributed by atoms with Crippen LogP contribution in [0.4, 0.5) is 11.4 Å². The summed E-state index contributed by atoms with van der Waals surface area (Å²) < 4.78 is 33.7. The van der Waals surface area contributed by atoms with Crippen LogP contribution in [0.2, 0.25) is 0 Å². The van der Waals surface area contributed by atoms with Gasteiger partial charge in [-0.1, -0.05) is 36.4 Å². The van der Waals surface area contributed by atoms with Crippen LogP contribution in [0.1, 0.15) is 19.4 Å². The zero-order chi connectivity index (χ0) is 22.7. The lowest BCUT2D eigenvalue weighted by Gasteiger charge is -2.29. The Bertz CT molecular complexity index is 1190. The Morgan fingerprint density at radius 2 is 1.66 bits per heavy atom. The van der Waals surface area contributed by atoms with Gasteiger partial charge in [0, 0.05) is 11.7 Å². The maximum atomic E-state index is 13.5. The highest BCUT2D eigenvalue weighted by Gasteiger charge is 2.34. The van der Waals surface area contributed by atoms with Crippen LogP contribution in [-0.4, -0.2) is 33.5 Å². The predicted octanol–water partition coefficient (Wildman–Crippen LogP) is 4.26. The first kappa shape index (κ1) is 21.9. The number of anilines is 2. The van der Waals surface area contributed by atoms with Gasteiger partial charge in [0.25, 0.3) is 10.0 Å². The Labute approximate surface area is 189 Å². The van der Waals surface area contributed by atoms with Crippen molar-refractivity contribution in [3.8, 4) is 5.75 Å². The summed E-state index contributed by atoms with van der Waals surface area (Å²) in [7, 11) is -3.95. The highest BCUT2D eigenvalue weighted by atomic mass is 32.2. The van der Waals surface area contributed by atoms with Crippen LogP contribution in [0.25, 0.3) is 0 Å². The summed E-state index contributed by atoms with van der Waals surface area (Å²) in [6, 6.07) is 22.6. The standard InChI is InChI=1S/C25H26N2O4S/c1-3-31-22-15-13-21(14-16-22)26(32(29,30)23-10-5-4-6-11-23)18-25(28)27-19(2)17-20-9-7-8-12-24(20)27/h4-16,19H,3,17-18H2,1-2H3/t19-/m1/s1. The van der Waals surface area contributed by atoms with Gasteiger partial charge in [-0.15, -0.1) is 0 Å². The van der Waals surface area contributed by atoms with E-state index in [9.17, 15) is 13.2 Å². The first-order chi connectivity index (χ1) is 15.4. The van der Waals surface area contributed by atoms with E-state index in [0.717, 1.165) is 17.7 Å². The van der Waals surface area contributed by atoms with E-state index in [1.807, 2.05) is 38.1 Å². The number of nitrogens with zero attached hydrogens (tertiary/aromatic N) is 2. The summed E-state index contributed by atoms with van der Waals surface area (Å²) in [6.45, 7) is 4.07. The third kappa shape index (κ3) is 4.21. The molecule has 1 atom stereocenters. The minimum absolute atomic E-state index is 0.0403. The summed E-state index contributed by atoms with van der Waals surface area (Å²) in [5, 5.41) is 0. The monoisotopic (exact) mass is 450 g/mol. The van der Waals surface area contributed by atoms with Gasteiger partial charge in [-0.3, -0.25) is 9.10 Å². The van der Waals surface area contributed by atoms with Gasteiger partial charge in [0.1, 0.15) is 12.3 Å². The van der Waals surface area contributed by atoms with Gasteiger partial charge in [0.05, 0.1) is 17.2 Å². The summed E-state index contributed by atoms with van der Waals surface area (Å²) in [5.74, 6) is 0.373. The number of benzene rings is 3. The average molecular weight is 451 g/mol. The van der Waals surface area contributed by atoms with Gasteiger partial charge >= 0.3 is 0 Å². The molecule has 0 saturated heterocycles. The van der Waals surface area contributed by atoms with Crippen molar-refractivity contribution >= 4 is 27.3 Å². The molecule has 3 aromatic rings. The number of carbonyl (C=O) groups is 1. The minimum Gasteiger partial charge on any atom is -0.494 e. The van der Waals surface area contributed by atoms with Gasteiger partial charge in [0.15, 0.2) is 0 Å². The second-order valence-corrected chi connectivity index (χ2v) is 9.56. The Morgan fingerprint density at radius 1 is 1.00 bits per heavy atom. The van der Waals surface area contributed by atoms with Crippen molar-refractivity contribution in [1.82, 2.24) is 0 Å². The topological polar surface area (TPSA) is 66.9 Å². The van der Waals surface area contributed by atoms with E-state index < -0.39 is 10.0 Å². The van der Waals surface area contributed by atoms with Gasteiger partial charge < -0.3 is 9.64 Å². The van der Waals surface area contributed by atoms with E-state index in [-0.39, 0.29) is 23.4 Å². The molecule has 1 aliphatic rings. The van der Waals surface area contributed by atoms with Crippen molar-refractivity contribution < 1.29 is 17.9 Å². The van der Waals surface area contributed by atoms with E-state index in [1.54, 1.807) is 47.4 Å². The number of amides is 1. The maximum absolute atomic E-state index is 13.5. The van der Waals surface area contributed by atoms with Crippen molar-refractivity contribution in [2.24, 2.45) is 0 Å². The molecule has 0 fully saturated rings. The molecular weight excluding hydrogens is 424 g/mol. The van der Waals surface area contributed by atoms with Gasteiger partial charge in [-0.25, -0.2) is 8.42 Å². The van der Waals surface area contributed by atoms with Gasteiger partial charge in [-0.05, 0) is 68.3 Å². The van der Waals surface area contributed by atoms with E-state index >= 15 is 0 Å². The predicted molar refractivity (Wildman–Crippen MR) is 126 cm³/mol. The number of carbonyl (C=O) groups excluding carboxylic acids is 1. The number of sulfonamides is 1. The van der Waals surface area contributed by atoms with Crippen molar-refractivity contribution in [2.45, 2.75) is 31.2 Å². The van der Waals surface area contributed by atoms with Gasteiger partial charge in [-0.2, -0.15) is 0 Å². The van der Waals surface area contributed by atoms with Crippen LogP contribution in [0, 0.1) is 0 Å². The summed E-state index contributed by atoms with van der Waals surface area (Å²) in [4.78, 5) is 15.3. The molecule has 0 saturated carbocycles. The lowest BCUT2D eigenvalue weighted by molar-refractivity contribution is -0.117. The molecular formula is C25H26N2O4S. The third-order valence-electron chi connectivity index (χ3n) is 5.52. The van der Waals surface area contributed by atoms with Crippen LogP contribution in [0.5, 0.6) is 5.75 Å². The molecule has 0 unspecified atom stereocenters. The molecule has 0 radical (unpaired) electrons. The van der Waals surface area contributed by atoms with Crippen molar-refractivity contribution in [1.29, 1.82) is 0 Å². The number of hydrogen-bond donors (Lipinski definition) is 0. The number of rotatable bonds is 7. The summed E-state index contributed by atoms with van der Waals surface area (Å²) >= 11 is 0. The Balaban J connectivity index is 1.70. The van der Waals surface area contributed by atoms with Crippen LogP contribution >= 0.6 is 0 Å². The molecule has 0 aromatic heterocycles. The van der Waals surface area contributed by atoms with Crippen LogP contribution in [0.15, 0.2) is 83.8 Å².